The molecule has 0 saturated heterocycles. The molecule has 2 N–H and O–H groups in total. The van der Waals surface area contributed by atoms with Crippen LogP contribution in [0.4, 0.5) is 5.82 Å². The third kappa shape index (κ3) is 4.85. The molecule has 3 nitrogen and oxygen atoms in total. The molecule has 0 amide bonds. The highest BCUT2D eigenvalue weighted by Gasteiger charge is 2.13. The Kier molecular flexibility index (Phi) is 5.30. The maximum absolute atomic E-state index is 9.76. The summed E-state index contributed by atoms with van der Waals surface area (Å²) in [5.74, 6) is 0.878. The van der Waals surface area contributed by atoms with Crippen LogP contribution in [-0.4, -0.2) is 21.7 Å². The number of nitrogens with one attached hydrogen (secondary N) is 1. The molecule has 0 aliphatic carbocycles. The molecule has 0 saturated carbocycles. The summed E-state index contributed by atoms with van der Waals surface area (Å²) in [5.41, 5.74) is 1.51. The van der Waals surface area contributed by atoms with Crippen molar-refractivity contribution >= 4 is 28.3 Å². The van der Waals surface area contributed by atoms with Gasteiger partial charge in [-0.1, -0.05) is 17.7 Å². The second-order valence-electron chi connectivity index (χ2n) is 6.74. The quantitative estimate of drug-likeness (QED) is 0.792. The van der Waals surface area contributed by atoms with Crippen molar-refractivity contribution in [2.24, 2.45) is 0 Å². The zero-order chi connectivity index (χ0) is 16.3. The molecule has 0 aliphatic rings. The SMILES string of the molecule is Cc1cc(N[C@@H](C)CCCC(C)(C)O)nc2cc(Cl)ccc12. The lowest BCUT2D eigenvalue weighted by Crippen LogP contribution is -2.21. The number of hydrogen-bond donors (Lipinski definition) is 2. The third-order valence-corrected chi connectivity index (χ3v) is 4.03. The first-order valence-electron chi connectivity index (χ1n) is 7.80. The van der Waals surface area contributed by atoms with Crippen molar-refractivity contribution in [2.45, 2.75) is 58.6 Å². The highest BCUT2D eigenvalue weighted by molar-refractivity contribution is 6.31. The minimum Gasteiger partial charge on any atom is -0.390 e. The Bertz CT molecular complexity index is 649. The number of nitrogens with zero attached hydrogens (tertiary/aromatic N) is 1. The van der Waals surface area contributed by atoms with E-state index in [4.69, 9.17) is 11.6 Å². The molecule has 1 aromatic carbocycles. The van der Waals surface area contributed by atoms with Crippen LogP contribution in [-0.2, 0) is 0 Å². The van der Waals surface area contributed by atoms with Gasteiger partial charge in [-0.05, 0) is 70.7 Å². The standard InChI is InChI=1S/C18H25ClN2O/c1-12-10-17(20-13(2)6-5-9-18(3,4)22)21-16-11-14(19)7-8-15(12)16/h7-8,10-11,13,22H,5-6,9H2,1-4H3,(H,20,21)/t13-/m0/s1. The molecule has 1 heterocycles. The average Bonchev–Trinajstić information content (AvgIpc) is 2.36. The van der Waals surface area contributed by atoms with Gasteiger partial charge in [0.15, 0.2) is 0 Å². The molecule has 2 aromatic rings. The number of rotatable bonds is 6. The van der Waals surface area contributed by atoms with E-state index < -0.39 is 5.60 Å². The first kappa shape index (κ1) is 17.0. The van der Waals surface area contributed by atoms with Gasteiger partial charge in [0, 0.05) is 16.5 Å². The van der Waals surface area contributed by atoms with Gasteiger partial charge in [0.2, 0.25) is 0 Å². The van der Waals surface area contributed by atoms with E-state index in [9.17, 15) is 5.11 Å². The van der Waals surface area contributed by atoms with Gasteiger partial charge >= 0.3 is 0 Å². The number of anilines is 1. The first-order valence-corrected chi connectivity index (χ1v) is 8.18. The molecule has 2 rings (SSSR count). The fraction of sp³-hybridized carbons (Fsp3) is 0.500. The number of halogens is 1. The Hall–Kier alpha value is -1.32. The lowest BCUT2D eigenvalue weighted by atomic mass is 10.00. The molecule has 1 aromatic heterocycles. The molecule has 0 spiro atoms. The minimum atomic E-state index is -0.589. The molecule has 0 radical (unpaired) electrons. The third-order valence-electron chi connectivity index (χ3n) is 3.80. The van der Waals surface area contributed by atoms with Gasteiger partial charge in [-0.3, -0.25) is 0 Å². The van der Waals surface area contributed by atoms with E-state index in [-0.39, 0.29) is 0 Å². The summed E-state index contributed by atoms with van der Waals surface area (Å²) in [6.45, 7) is 7.93. The number of fused-ring (bicyclic) bond motifs is 1. The van der Waals surface area contributed by atoms with Gasteiger partial charge in [-0.25, -0.2) is 4.98 Å². The predicted octanol–water partition coefficient (Wildman–Crippen LogP) is 4.94. The van der Waals surface area contributed by atoms with E-state index in [1.807, 2.05) is 32.0 Å². The Morgan fingerprint density at radius 2 is 2.05 bits per heavy atom. The molecule has 0 unspecified atom stereocenters. The van der Waals surface area contributed by atoms with Gasteiger partial charge < -0.3 is 10.4 Å². The zero-order valence-corrected chi connectivity index (χ0v) is 14.5. The van der Waals surface area contributed by atoms with Crippen molar-refractivity contribution in [3.63, 3.8) is 0 Å². The maximum Gasteiger partial charge on any atom is 0.127 e. The summed E-state index contributed by atoms with van der Waals surface area (Å²) in [6, 6.07) is 8.18. The Morgan fingerprint density at radius 1 is 1.32 bits per heavy atom. The normalized spacial score (nSPS) is 13.4. The van der Waals surface area contributed by atoms with E-state index in [1.54, 1.807) is 0 Å². The van der Waals surface area contributed by atoms with Crippen molar-refractivity contribution in [2.75, 3.05) is 5.32 Å². The summed E-state index contributed by atoms with van der Waals surface area (Å²) >= 11 is 6.06. The number of benzene rings is 1. The molecule has 22 heavy (non-hydrogen) atoms. The van der Waals surface area contributed by atoms with E-state index in [2.05, 4.69) is 30.2 Å². The second kappa shape index (κ2) is 6.84. The molecule has 4 heteroatoms. The largest absolute Gasteiger partial charge is 0.390 e. The molecule has 0 fully saturated rings. The summed E-state index contributed by atoms with van der Waals surface area (Å²) < 4.78 is 0. The summed E-state index contributed by atoms with van der Waals surface area (Å²) in [5, 5.41) is 15.0. The van der Waals surface area contributed by atoms with E-state index in [0.717, 1.165) is 36.0 Å². The second-order valence-corrected chi connectivity index (χ2v) is 7.17. The first-order chi connectivity index (χ1) is 10.2. The molecular formula is C18H25ClN2O. The van der Waals surface area contributed by atoms with Crippen molar-refractivity contribution < 1.29 is 5.11 Å². The van der Waals surface area contributed by atoms with Crippen molar-refractivity contribution in [1.82, 2.24) is 4.98 Å². The Balaban J connectivity index is 2.05. The number of aromatic nitrogens is 1. The monoisotopic (exact) mass is 320 g/mol. The van der Waals surface area contributed by atoms with Gasteiger partial charge in [-0.2, -0.15) is 0 Å². The van der Waals surface area contributed by atoms with Crippen LogP contribution in [0.2, 0.25) is 5.02 Å². The van der Waals surface area contributed by atoms with E-state index in [1.165, 1.54) is 5.56 Å². The highest BCUT2D eigenvalue weighted by atomic mass is 35.5. The van der Waals surface area contributed by atoms with Crippen molar-refractivity contribution in [3.05, 3.63) is 34.9 Å². The van der Waals surface area contributed by atoms with Gasteiger partial charge in [-0.15, -0.1) is 0 Å². The minimum absolute atomic E-state index is 0.311. The van der Waals surface area contributed by atoms with Crippen LogP contribution in [0.1, 0.15) is 45.6 Å². The van der Waals surface area contributed by atoms with Gasteiger partial charge in [0.05, 0.1) is 11.1 Å². The molecule has 0 aliphatic heterocycles. The van der Waals surface area contributed by atoms with Crippen LogP contribution < -0.4 is 5.32 Å². The van der Waals surface area contributed by atoms with Gasteiger partial charge in [0.1, 0.15) is 5.82 Å². The van der Waals surface area contributed by atoms with Crippen LogP contribution in [0, 0.1) is 6.92 Å². The van der Waals surface area contributed by atoms with E-state index in [0.29, 0.717) is 11.1 Å². The lowest BCUT2D eigenvalue weighted by Gasteiger charge is -2.19. The average molecular weight is 321 g/mol. The zero-order valence-electron chi connectivity index (χ0n) is 13.8. The van der Waals surface area contributed by atoms with Gasteiger partial charge in [0.25, 0.3) is 0 Å². The lowest BCUT2D eigenvalue weighted by molar-refractivity contribution is 0.0680. The predicted molar refractivity (Wildman–Crippen MR) is 94.7 cm³/mol. The Morgan fingerprint density at radius 3 is 2.73 bits per heavy atom. The topological polar surface area (TPSA) is 45.1 Å². The maximum atomic E-state index is 9.76. The molecule has 120 valence electrons. The number of aliphatic hydroxyl groups is 1. The summed E-state index contributed by atoms with van der Waals surface area (Å²) in [6.07, 6.45) is 2.78. The van der Waals surface area contributed by atoms with Crippen LogP contribution >= 0.6 is 11.6 Å². The fourth-order valence-electron chi connectivity index (χ4n) is 2.62. The van der Waals surface area contributed by atoms with Crippen LogP contribution in [0.5, 0.6) is 0 Å². The summed E-state index contributed by atoms with van der Waals surface area (Å²) in [7, 11) is 0. The van der Waals surface area contributed by atoms with Crippen molar-refractivity contribution in [3.8, 4) is 0 Å². The number of aryl methyl sites for hydroxylation is 1. The van der Waals surface area contributed by atoms with Crippen LogP contribution in [0.3, 0.4) is 0 Å². The molecule has 0 bridgehead atoms. The molecule has 1 atom stereocenters. The fourth-order valence-corrected chi connectivity index (χ4v) is 2.78. The van der Waals surface area contributed by atoms with Crippen LogP contribution in [0.15, 0.2) is 24.3 Å². The molecular weight excluding hydrogens is 296 g/mol. The summed E-state index contributed by atoms with van der Waals surface area (Å²) in [4.78, 5) is 4.65. The Labute approximate surface area is 137 Å². The number of pyridine rings is 1. The smallest absolute Gasteiger partial charge is 0.127 e. The highest BCUT2D eigenvalue weighted by Crippen LogP contribution is 2.24. The number of hydrogen-bond acceptors (Lipinski definition) is 3. The van der Waals surface area contributed by atoms with Crippen LogP contribution in [0.25, 0.3) is 10.9 Å². The van der Waals surface area contributed by atoms with E-state index >= 15 is 0 Å². The van der Waals surface area contributed by atoms with Crippen molar-refractivity contribution in [1.29, 1.82) is 0 Å².